The Bertz CT molecular complexity index is 1060. The molecule has 3 N–H and O–H groups in total. The van der Waals surface area contributed by atoms with E-state index in [1.165, 1.54) is 6.20 Å². The molecule has 2 aromatic rings. The van der Waals surface area contributed by atoms with Gasteiger partial charge in [0.15, 0.2) is 0 Å². The zero-order valence-corrected chi connectivity index (χ0v) is 18.3. The lowest BCUT2D eigenvalue weighted by atomic mass is 9.82. The molecule has 1 aromatic heterocycles. The van der Waals surface area contributed by atoms with Crippen molar-refractivity contribution in [2.45, 2.75) is 26.3 Å². The number of carboxylic acid groups (broad SMARTS) is 1. The van der Waals surface area contributed by atoms with Crippen molar-refractivity contribution < 1.29 is 24.2 Å². The largest absolute Gasteiger partial charge is 0.496 e. The van der Waals surface area contributed by atoms with Crippen LogP contribution in [0.1, 0.15) is 46.4 Å². The Morgan fingerprint density at radius 1 is 1.38 bits per heavy atom. The summed E-state index contributed by atoms with van der Waals surface area (Å²) < 4.78 is 10.6. The molecular weight excluding hydrogens is 412 g/mol. The number of hydrogen-bond donors (Lipinski definition) is 3. The Hall–Kier alpha value is -3.64. The molecule has 1 amide bonds. The molecule has 32 heavy (non-hydrogen) atoms. The van der Waals surface area contributed by atoms with Crippen molar-refractivity contribution in [1.82, 2.24) is 10.3 Å². The number of anilines is 1. The SMILES string of the molecule is COc1ccc(C#N)cc1[C@H](C)Nc1ncc(C(=O)NCC2(CC(=O)O)COC2)cc1C. The van der Waals surface area contributed by atoms with E-state index in [1.807, 2.05) is 13.8 Å². The molecule has 1 saturated heterocycles. The first-order valence-corrected chi connectivity index (χ1v) is 10.2. The molecule has 0 spiro atoms. The van der Waals surface area contributed by atoms with Gasteiger partial charge in [0, 0.05) is 23.7 Å². The summed E-state index contributed by atoms with van der Waals surface area (Å²) in [4.78, 5) is 28.0. The zero-order chi connectivity index (χ0) is 23.3. The number of hydrogen-bond acceptors (Lipinski definition) is 7. The molecule has 0 unspecified atom stereocenters. The lowest BCUT2D eigenvalue weighted by Gasteiger charge is -2.40. The summed E-state index contributed by atoms with van der Waals surface area (Å²) in [6.45, 7) is 4.63. The van der Waals surface area contributed by atoms with Crippen LogP contribution in [0.3, 0.4) is 0 Å². The summed E-state index contributed by atoms with van der Waals surface area (Å²) in [6, 6.07) is 8.87. The van der Waals surface area contributed by atoms with Gasteiger partial charge in [-0.1, -0.05) is 0 Å². The molecule has 0 bridgehead atoms. The Morgan fingerprint density at radius 3 is 2.69 bits per heavy atom. The number of nitrogens with zero attached hydrogens (tertiary/aromatic N) is 2. The fraction of sp³-hybridized carbons (Fsp3) is 0.391. The van der Waals surface area contributed by atoms with E-state index < -0.39 is 11.4 Å². The van der Waals surface area contributed by atoms with Crippen LogP contribution in [0.5, 0.6) is 5.75 Å². The molecular formula is C23H26N4O5. The standard InChI is InChI=1S/C23H26N4O5/c1-14-6-17(22(30)26-11-23(8-20(28)29)12-32-13-23)10-25-21(14)27-15(2)18-7-16(9-24)4-5-19(18)31-3/h4-7,10,15H,8,11-13H2,1-3H3,(H,25,27)(H,26,30)(H,28,29)/t15-/m0/s1. The van der Waals surface area contributed by atoms with E-state index in [0.717, 1.165) is 11.1 Å². The highest BCUT2D eigenvalue weighted by Gasteiger charge is 2.41. The van der Waals surface area contributed by atoms with Gasteiger partial charge in [-0.25, -0.2) is 4.98 Å². The maximum Gasteiger partial charge on any atom is 0.304 e. The number of ether oxygens (including phenoxy) is 2. The summed E-state index contributed by atoms with van der Waals surface area (Å²) in [6.07, 6.45) is 1.42. The third-order valence-electron chi connectivity index (χ3n) is 5.49. The molecule has 9 nitrogen and oxygen atoms in total. The smallest absolute Gasteiger partial charge is 0.304 e. The minimum absolute atomic E-state index is 0.0538. The van der Waals surface area contributed by atoms with Gasteiger partial charge < -0.3 is 25.2 Å². The van der Waals surface area contributed by atoms with Gasteiger partial charge in [-0.15, -0.1) is 0 Å². The van der Waals surface area contributed by atoms with Gasteiger partial charge in [-0.3, -0.25) is 9.59 Å². The van der Waals surface area contributed by atoms with Gasteiger partial charge in [0.2, 0.25) is 0 Å². The second-order valence-electron chi connectivity index (χ2n) is 8.07. The summed E-state index contributed by atoms with van der Waals surface area (Å²) >= 11 is 0. The maximum absolute atomic E-state index is 12.6. The number of nitriles is 1. The molecule has 1 aliphatic heterocycles. The molecule has 1 aromatic carbocycles. The lowest BCUT2D eigenvalue weighted by Crippen LogP contribution is -2.52. The molecule has 1 atom stereocenters. The van der Waals surface area contributed by atoms with Crippen molar-refractivity contribution in [2.24, 2.45) is 5.41 Å². The van der Waals surface area contributed by atoms with Crippen molar-refractivity contribution in [3.05, 3.63) is 52.7 Å². The normalized spacial score (nSPS) is 15.1. The highest BCUT2D eigenvalue weighted by atomic mass is 16.5. The first kappa shape index (κ1) is 23.0. The third-order valence-corrected chi connectivity index (χ3v) is 5.49. The van der Waals surface area contributed by atoms with Crippen molar-refractivity contribution in [3.8, 4) is 11.8 Å². The zero-order valence-electron chi connectivity index (χ0n) is 18.3. The Balaban J connectivity index is 1.68. The van der Waals surface area contributed by atoms with E-state index in [4.69, 9.17) is 14.6 Å². The average Bonchev–Trinajstić information content (AvgIpc) is 2.75. The van der Waals surface area contributed by atoms with E-state index >= 15 is 0 Å². The molecule has 1 aliphatic rings. The fourth-order valence-electron chi connectivity index (χ4n) is 3.62. The quantitative estimate of drug-likeness (QED) is 0.544. The van der Waals surface area contributed by atoms with Gasteiger partial charge in [0.1, 0.15) is 11.6 Å². The van der Waals surface area contributed by atoms with E-state index in [-0.39, 0.29) is 24.9 Å². The summed E-state index contributed by atoms with van der Waals surface area (Å²) in [5, 5.41) is 24.4. The molecule has 0 saturated carbocycles. The summed E-state index contributed by atoms with van der Waals surface area (Å²) in [5.41, 5.74) is 1.95. The number of carboxylic acids is 1. The number of carbonyl (C=O) groups is 2. The number of benzene rings is 1. The van der Waals surface area contributed by atoms with Gasteiger partial charge in [0.05, 0.1) is 50.0 Å². The van der Waals surface area contributed by atoms with Crippen LogP contribution in [-0.2, 0) is 9.53 Å². The van der Waals surface area contributed by atoms with Crippen LogP contribution in [0.25, 0.3) is 0 Å². The Kier molecular flexibility index (Phi) is 6.95. The van der Waals surface area contributed by atoms with E-state index in [2.05, 4.69) is 21.7 Å². The number of aromatic nitrogens is 1. The molecule has 168 valence electrons. The summed E-state index contributed by atoms with van der Waals surface area (Å²) in [5.74, 6) is 0.0305. The van der Waals surface area contributed by atoms with E-state index in [0.29, 0.717) is 35.9 Å². The monoisotopic (exact) mass is 438 g/mol. The van der Waals surface area contributed by atoms with Gasteiger partial charge >= 0.3 is 5.97 Å². The van der Waals surface area contributed by atoms with Crippen molar-refractivity contribution in [1.29, 1.82) is 5.26 Å². The number of carbonyl (C=O) groups excluding carboxylic acids is 1. The number of amides is 1. The number of aryl methyl sites for hydroxylation is 1. The minimum atomic E-state index is -0.915. The predicted octanol–water partition coefficient (Wildman–Crippen LogP) is 2.66. The summed E-state index contributed by atoms with van der Waals surface area (Å²) in [7, 11) is 1.57. The van der Waals surface area contributed by atoms with Crippen LogP contribution >= 0.6 is 0 Å². The Labute approximate surface area is 186 Å². The molecule has 3 rings (SSSR count). The van der Waals surface area contributed by atoms with Crippen LogP contribution in [-0.4, -0.2) is 48.8 Å². The molecule has 2 heterocycles. The van der Waals surface area contributed by atoms with Gasteiger partial charge in [0.25, 0.3) is 5.91 Å². The van der Waals surface area contributed by atoms with Crippen LogP contribution in [0.4, 0.5) is 5.82 Å². The second-order valence-corrected chi connectivity index (χ2v) is 8.07. The van der Waals surface area contributed by atoms with E-state index in [1.54, 1.807) is 31.4 Å². The fourth-order valence-corrected chi connectivity index (χ4v) is 3.62. The highest BCUT2D eigenvalue weighted by molar-refractivity contribution is 5.94. The number of aliphatic carboxylic acids is 1. The number of rotatable bonds is 9. The molecule has 9 heteroatoms. The highest BCUT2D eigenvalue weighted by Crippen LogP contribution is 2.31. The average molecular weight is 438 g/mol. The topological polar surface area (TPSA) is 134 Å². The van der Waals surface area contributed by atoms with Gasteiger partial charge in [-0.2, -0.15) is 5.26 Å². The minimum Gasteiger partial charge on any atom is -0.496 e. The number of methoxy groups -OCH3 is 1. The first-order chi connectivity index (χ1) is 15.3. The molecule has 1 fully saturated rings. The van der Waals surface area contributed by atoms with Gasteiger partial charge in [-0.05, 0) is 43.7 Å². The predicted molar refractivity (Wildman–Crippen MR) is 117 cm³/mol. The van der Waals surface area contributed by atoms with Crippen LogP contribution < -0.4 is 15.4 Å². The van der Waals surface area contributed by atoms with E-state index in [9.17, 15) is 14.9 Å². The van der Waals surface area contributed by atoms with Crippen molar-refractivity contribution in [2.75, 3.05) is 32.2 Å². The third kappa shape index (κ3) is 5.15. The molecule has 0 aliphatic carbocycles. The lowest BCUT2D eigenvalue weighted by molar-refractivity contribution is -0.155. The van der Waals surface area contributed by atoms with Crippen molar-refractivity contribution in [3.63, 3.8) is 0 Å². The van der Waals surface area contributed by atoms with Crippen LogP contribution in [0.15, 0.2) is 30.5 Å². The number of pyridine rings is 1. The van der Waals surface area contributed by atoms with Crippen LogP contribution in [0, 0.1) is 23.7 Å². The van der Waals surface area contributed by atoms with Crippen LogP contribution in [0.2, 0.25) is 0 Å². The van der Waals surface area contributed by atoms with Crippen molar-refractivity contribution >= 4 is 17.7 Å². The first-order valence-electron chi connectivity index (χ1n) is 10.2. The maximum atomic E-state index is 12.6. The molecule has 0 radical (unpaired) electrons. The second kappa shape index (κ2) is 9.66. The Morgan fingerprint density at radius 2 is 2.12 bits per heavy atom. The number of nitrogens with one attached hydrogen (secondary N) is 2.